The second-order valence-electron chi connectivity index (χ2n) is 4.63. The molecule has 1 saturated heterocycles. The average Bonchev–Trinajstić information content (AvgIpc) is 2.46. The predicted molar refractivity (Wildman–Crippen MR) is 72.8 cm³/mol. The summed E-state index contributed by atoms with van der Waals surface area (Å²) >= 11 is 0. The van der Waals surface area contributed by atoms with Gasteiger partial charge in [-0.15, -0.1) is 0 Å². The number of carbonyl (C=O) groups is 1. The Morgan fingerprint density at radius 2 is 2.32 bits per heavy atom. The van der Waals surface area contributed by atoms with Gasteiger partial charge in [-0.1, -0.05) is 0 Å². The van der Waals surface area contributed by atoms with E-state index < -0.39 is 6.04 Å². The maximum absolute atomic E-state index is 11.4. The SMILES string of the molecule is C[C@@H](N)C(=O)NCc1ccnc(N2CCOCC2)c1. The molecule has 1 aliphatic heterocycles. The van der Waals surface area contributed by atoms with Gasteiger partial charge in [0.25, 0.3) is 0 Å². The summed E-state index contributed by atoms with van der Waals surface area (Å²) in [6, 6.07) is 3.40. The Hall–Kier alpha value is -1.66. The maximum Gasteiger partial charge on any atom is 0.236 e. The first kappa shape index (κ1) is 13.8. The number of hydrogen-bond acceptors (Lipinski definition) is 5. The summed E-state index contributed by atoms with van der Waals surface area (Å²) in [4.78, 5) is 18.0. The molecule has 0 saturated carbocycles. The molecule has 0 spiro atoms. The van der Waals surface area contributed by atoms with Gasteiger partial charge in [0.2, 0.25) is 5.91 Å². The molecule has 1 aliphatic rings. The van der Waals surface area contributed by atoms with Gasteiger partial charge in [-0.25, -0.2) is 4.98 Å². The van der Waals surface area contributed by atoms with E-state index in [-0.39, 0.29) is 5.91 Å². The number of anilines is 1. The van der Waals surface area contributed by atoms with E-state index in [4.69, 9.17) is 10.5 Å². The standard InChI is InChI=1S/C13H20N4O2/c1-10(14)13(18)16-9-11-2-3-15-12(8-11)17-4-6-19-7-5-17/h2-3,8,10H,4-7,9,14H2,1H3,(H,16,18)/t10-/m1/s1. The topological polar surface area (TPSA) is 80.5 Å². The molecule has 0 aromatic carbocycles. The minimum Gasteiger partial charge on any atom is -0.378 e. The first-order valence-electron chi connectivity index (χ1n) is 6.48. The monoisotopic (exact) mass is 264 g/mol. The molecule has 0 unspecified atom stereocenters. The third kappa shape index (κ3) is 3.90. The fourth-order valence-corrected chi connectivity index (χ4v) is 1.89. The van der Waals surface area contributed by atoms with Gasteiger partial charge in [0, 0.05) is 25.8 Å². The molecule has 2 heterocycles. The van der Waals surface area contributed by atoms with E-state index in [1.165, 1.54) is 0 Å². The Morgan fingerprint density at radius 3 is 3.00 bits per heavy atom. The molecule has 1 amide bonds. The van der Waals surface area contributed by atoms with Crippen LogP contribution < -0.4 is 16.0 Å². The van der Waals surface area contributed by atoms with Crippen LogP contribution in [0.5, 0.6) is 0 Å². The van der Waals surface area contributed by atoms with E-state index in [9.17, 15) is 4.79 Å². The molecule has 3 N–H and O–H groups in total. The number of nitrogens with two attached hydrogens (primary N) is 1. The van der Waals surface area contributed by atoms with E-state index in [0.29, 0.717) is 6.54 Å². The van der Waals surface area contributed by atoms with Gasteiger partial charge in [0.15, 0.2) is 0 Å². The Morgan fingerprint density at radius 1 is 1.58 bits per heavy atom. The van der Waals surface area contributed by atoms with Crippen LogP contribution in [0.1, 0.15) is 12.5 Å². The zero-order chi connectivity index (χ0) is 13.7. The van der Waals surface area contributed by atoms with Crippen molar-refractivity contribution in [2.75, 3.05) is 31.2 Å². The molecule has 0 aliphatic carbocycles. The van der Waals surface area contributed by atoms with Crippen LogP contribution in [0.4, 0.5) is 5.82 Å². The van der Waals surface area contributed by atoms with E-state index in [1.807, 2.05) is 12.1 Å². The van der Waals surface area contributed by atoms with Gasteiger partial charge < -0.3 is 20.7 Å². The van der Waals surface area contributed by atoms with Crippen molar-refractivity contribution >= 4 is 11.7 Å². The molecule has 6 nitrogen and oxygen atoms in total. The molecule has 1 aromatic heterocycles. The van der Waals surface area contributed by atoms with E-state index in [0.717, 1.165) is 37.7 Å². The minimum atomic E-state index is -0.486. The first-order valence-corrected chi connectivity index (χ1v) is 6.48. The molecule has 0 bridgehead atoms. The number of amides is 1. The van der Waals surface area contributed by atoms with Gasteiger partial charge in [-0.3, -0.25) is 4.79 Å². The molecule has 1 aromatic rings. The van der Waals surface area contributed by atoms with Crippen LogP contribution in [0, 0.1) is 0 Å². The summed E-state index contributed by atoms with van der Waals surface area (Å²) in [7, 11) is 0. The molecular weight excluding hydrogens is 244 g/mol. The van der Waals surface area contributed by atoms with Crippen molar-refractivity contribution < 1.29 is 9.53 Å². The lowest BCUT2D eigenvalue weighted by Crippen LogP contribution is -2.38. The van der Waals surface area contributed by atoms with E-state index in [1.54, 1.807) is 13.1 Å². The van der Waals surface area contributed by atoms with Crippen molar-refractivity contribution in [1.29, 1.82) is 0 Å². The summed E-state index contributed by atoms with van der Waals surface area (Å²) in [6.07, 6.45) is 1.76. The maximum atomic E-state index is 11.4. The highest BCUT2D eigenvalue weighted by Gasteiger charge is 2.13. The third-order valence-corrected chi connectivity index (χ3v) is 3.03. The number of rotatable bonds is 4. The highest BCUT2D eigenvalue weighted by Crippen LogP contribution is 2.14. The second-order valence-corrected chi connectivity index (χ2v) is 4.63. The van der Waals surface area contributed by atoms with Crippen molar-refractivity contribution in [3.63, 3.8) is 0 Å². The minimum absolute atomic E-state index is 0.148. The normalized spacial score (nSPS) is 17.1. The molecule has 19 heavy (non-hydrogen) atoms. The highest BCUT2D eigenvalue weighted by atomic mass is 16.5. The fraction of sp³-hybridized carbons (Fsp3) is 0.538. The number of nitrogens with one attached hydrogen (secondary N) is 1. The van der Waals surface area contributed by atoms with Crippen molar-refractivity contribution in [3.05, 3.63) is 23.9 Å². The van der Waals surface area contributed by atoms with Gasteiger partial charge >= 0.3 is 0 Å². The Labute approximate surface area is 112 Å². The third-order valence-electron chi connectivity index (χ3n) is 3.03. The van der Waals surface area contributed by atoms with Crippen LogP contribution in [0.15, 0.2) is 18.3 Å². The highest BCUT2D eigenvalue weighted by molar-refractivity contribution is 5.80. The number of aromatic nitrogens is 1. The number of pyridine rings is 1. The van der Waals surface area contributed by atoms with Gasteiger partial charge in [-0.05, 0) is 24.6 Å². The quantitative estimate of drug-likeness (QED) is 0.792. The van der Waals surface area contributed by atoms with Crippen molar-refractivity contribution in [3.8, 4) is 0 Å². The molecule has 2 rings (SSSR count). The summed E-state index contributed by atoms with van der Waals surface area (Å²) in [5, 5.41) is 2.79. The predicted octanol–water partition coefficient (Wildman–Crippen LogP) is -0.118. The van der Waals surface area contributed by atoms with Crippen molar-refractivity contribution in [2.24, 2.45) is 5.73 Å². The van der Waals surface area contributed by atoms with Crippen LogP contribution in [-0.4, -0.2) is 43.2 Å². The number of nitrogens with zero attached hydrogens (tertiary/aromatic N) is 2. The summed E-state index contributed by atoms with van der Waals surface area (Å²) in [6.45, 7) is 5.30. The fourth-order valence-electron chi connectivity index (χ4n) is 1.89. The number of ether oxygens (including phenoxy) is 1. The lowest BCUT2D eigenvalue weighted by Gasteiger charge is -2.28. The van der Waals surface area contributed by atoms with Gasteiger partial charge in [0.05, 0.1) is 19.3 Å². The van der Waals surface area contributed by atoms with Crippen LogP contribution in [0.2, 0.25) is 0 Å². The molecule has 6 heteroatoms. The van der Waals surface area contributed by atoms with E-state index in [2.05, 4.69) is 15.2 Å². The zero-order valence-electron chi connectivity index (χ0n) is 11.1. The Balaban J connectivity index is 1.96. The van der Waals surface area contributed by atoms with E-state index >= 15 is 0 Å². The molecule has 1 atom stereocenters. The molecule has 104 valence electrons. The first-order chi connectivity index (χ1) is 9.16. The lowest BCUT2D eigenvalue weighted by atomic mass is 10.2. The number of hydrogen-bond donors (Lipinski definition) is 2. The van der Waals surface area contributed by atoms with Gasteiger partial charge in [-0.2, -0.15) is 0 Å². The van der Waals surface area contributed by atoms with Crippen LogP contribution in [0.3, 0.4) is 0 Å². The summed E-state index contributed by atoms with van der Waals surface area (Å²) < 4.78 is 5.32. The van der Waals surface area contributed by atoms with Crippen molar-refractivity contribution in [1.82, 2.24) is 10.3 Å². The lowest BCUT2D eigenvalue weighted by molar-refractivity contribution is -0.122. The Kier molecular flexibility index (Phi) is 4.70. The molecule has 0 radical (unpaired) electrons. The zero-order valence-corrected chi connectivity index (χ0v) is 11.1. The van der Waals surface area contributed by atoms with Crippen LogP contribution in [-0.2, 0) is 16.1 Å². The largest absolute Gasteiger partial charge is 0.378 e. The number of carbonyl (C=O) groups excluding carboxylic acids is 1. The van der Waals surface area contributed by atoms with Crippen LogP contribution in [0.25, 0.3) is 0 Å². The van der Waals surface area contributed by atoms with Gasteiger partial charge in [0.1, 0.15) is 5.82 Å². The second kappa shape index (κ2) is 6.49. The van der Waals surface area contributed by atoms with Crippen molar-refractivity contribution in [2.45, 2.75) is 19.5 Å². The Bertz CT molecular complexity index is 430. The summed E-state index contributed by atoms with van der Waals surface area (Å²) in [5.74, 6) is 0.778. The smallest absolute Gasteiger partial charge is 0.236 e. The summed E-state index contributed by atoms with van der Waals surface area (Å²) in [5.41, 5.74) is 6.52. The number of morpholine rings is 1. The molecular formula is C13H20N4O2. The molecule has 1 fully saturated rings. The average molecular weight is 264 g/mol. The van der Waals surface area contributed by atoms with Crippen LogP contribution >= 0.6 is 0 Å².